The van der Waals surface area contributed by atoms with Gasteiger partial charge in [-0.05, 0) is 25.0 Å². The molecular formula is C9H10Cl2O3S. The molecule has 0 saturated carbocycles. The van der Waals surface area contributed by atoms with Gasteiger partial charge in [0.15, 0.2) is 0 Å². The summed E-state index contributed by atoms with van der Waals surface area (Å²) in [6.45, 7) is 1.71. The lowest BCUT2D eigenvalue weighted by atomic mass is 10.1. The molecule has 0 aliphatic heterocycles. The number of phenols is 1. The van der Waals surface area contributed by atoms with Gasteiger partial charge in [0.2, 0.25) is 9.05 Å². The monoisotopic (exact) mass is 268 g/mol. The van der Waals surface area contributed by atoms with Crippen molar-refractivity contribution in [1.29, 1.82) is 0 Å². The first-order valence-corrected chi connectivity index (χ1v) is 7.06. The predicted octanol–water partition coefficient (Wildman–Crippen LogP) is 2.47. The van der Waals surface area contributed by atoms with Gasteiger partial charge < -0.3 is 5.11 Å². The van der Waals surface area contributed by atoms with Gasteiger partial charge in [-0.25, -0.2) is 8.42 Å². The molecule has 0 aliphatic rings. The first kappa shape index (κ1) is 12.6. The third-order valence-electron chi connectivity index (χ3n) is 2.02. The van der Waals surface area contributed by atoms with E-state index in [4.69, 9.17) is 22.3 Å². The van der Waals surface area contributed by atoms with Crippen molar-refractivity contribution in [2.45, 2.75) is 13.3 Å². The van der Waals surface area contributed by atoms with E-state index in [-0.39, 0.29) is 17.9 Å². The molecule has 15 heavy (non-hydrogen) atoms. The Labute approximate surface area is 98.1 Å². The summed E-state index contributed by atoms with van der Waals surface area (Å²) >= 11 is 5.83. The van der Waals surface area contributed by atoms with Crippen molar-refractivity contribution in [1.82, 2.24) is 0 Å². The molecule has 6 heteroatoms. The maximum atomic E-state index is 10.8. The summed E-state index contributed by atoms with van der Waals surface area (Å²) in [5.41, 5.74) is 1.07. The molecule has 0 unspecified atom stereocenters. The van der Waals surface area contributed by atoms with Crippen LogP contribution in [-0.4, -0.2) is 19.3 Å². The van der Waals surface area contributed by atoms with Crippen LogP contribution in [0.3, 0.4) is 0 Å². The van der Waals surface area contributed by atoms with Gasteiger partial charge in [-0.15, -0.1) is 0 Å². The topological polar surface area (TPSA) is 54.4 Å². The quantitative estimate of drug-likeness (QED) is 0.857. The fourth-order valence-corrected chi connectivity index (χ4v) is 2.12. The molecule has 0 aliphatic carbocycles. The molecule has 0 amide bonds. The second-order valence-electron chi connectivity index (χ2n) is 3.18. The standard InChI is InChI=1S/C9H10Cl2O3S/c1-6-2-3-8(10)7(9(6)12)4-5-15(11,13)14/h2-3,12H,4-5H2,1H3. The summed E-state index contributed by atoms with van der Waals surface area (Å²) in [5, 5.41) is 10.00. The van der Waals surface area contributed by atoms with E-state index in [1.165, 1.54) is 0 Å². The number of benzene rings is 1. The Hall–Kier alpha value is -0.450. The summed E-state index contributed by atoms with van der Waals surface area (Å²) in [6.07, 6.45) is 0.109. The van der Waals surface area contributed by atoms with Gasteiger partial charge >= 0.3 is 0 Å². The van der Waals surface area contributed by atoms with Crippen molar-refractivity contribution in [3.05, 3.63) is 28.3 Å². The van der Waals surface area contributed by atoms with Crippen molar-refractivity contribution in [3.8, 4) is 5.75 Å². The molecular weight excluding hydrogens is 259 g/mol. The second-order valence-corrected chi connectivity index (χ2v) is 6.49. The zero-order valence-corrected chi connectivity index (χ0v) is 10.3. The zero-order valence-electron chi connectivity index (χ0n) is 8.00. The molecule has 1 aromatic rings. The Morgan fingerprint density at radius 2 is 2.00 bits per heavy atom. The van der Waals surface area contributed by atoms with Crippen molar-refractivity contribution in [2.24, 2.45) is 0 Å². The van der Waals surface area contributed by atoms with Gasteiger partial charge in [-0.1, -0.05) is 17.7 Å². The molecule has 3 nitrogen and oxygen atoms in total. The minimum atomic E-state index is -3.57. The minimum Gasteiger partial charge on any atom is -0.507 e. The lowest BCUT2D eigenvalue weighted by Crippen LogP contribution is -2.02. The molecule has 1 aromatic carbocycles. The SMILES string of the molecule is Cc1ccc(Cl)c(CCS(=O)(=O)Cl)c1O. The third-order valence-corrected chi connectivity index (χ3v) is 3.53. The van der Waals surface area contributed by atoms with E-state index < -0.39 is 9.05 Å². The van der Waals surface area contributed by atoms with Crippen LogP contribution in [0, 0.1) is 6.92 Å². The Morgan fingerprint density at radius 1 is 1.40 bits per heavy atom. The van der Waals surface area contributed by atoms with Crippen LogP contribution in [0.2, 0.25) is 5.02 Å². The van der Waals surface area contributed by atoms with Gasteiger partial charge in [0.1, 0.15) is 5.75 Å². The van der Waals surface area contributed by atoms with E-state index in [1.807, 2.05) is 0 Å². The summed E-state index contributed by atoms with van der Waals surface area (Å²) in [5.74, 6) is -0.214. The average molecular weight is 269 g/mol. The average Bonchev–Trinajstić information content (AvgIpc) is 2.10. The number of halogens is 2. The van der Waals surface area contributed by atoms with Gasteiger partial charge in [-0.2, -0.15) is 0 Å². The van der Waals surface area contributed by atoms with Crippen LogP contribution in [0.4, 0.5) is 0 Å². The van der Waals surface area contributed by atoms with E-state index in [9.17, 15) is 13.5 Å². The van der Waals surface area contributed by atoms with Crippen molar-refractivity contribution in [3.63, 3.8) is 0 Å². The largest absolute Gasteiger partial charge is 0.507 e. The highest BCUT2D eigenvalue weighted by Crippen LogP contribution is 2.29. The molecule has 1 N–H and O–H groups in total. The number of phenolic OH excluding ortho intramolecular Hbond substituents is 1. The highest BCUT2D eigenvalue weighted by molar-refractivity contribution is 8.13. The Balaban J connectivity index is 2.99. The molecule has 0 fully saturated rings. The van der Waals surface area contributed by atoms with Crippen LogP contribution in [0.1, 0.15) is 11.1 Å². The minimum absolute atomic E-state index is 0.0304. The molecule has 0 heterocycles. The fourth-order valence-electron chi connectivity index (χ4n) is 1.19. The van der Waals surface area contributed by atoms with Crippen molar-refractivity contribution in [2.75, 3.05) is 5.75 Å². The number of aryl methyl sites for hydroxylation is 1. The summed E-state index contributed by atoms with van der Waals surface area (Å²) in [4.78, 5) is 0. The van der Waals surface area contributed by atoms with Crippen LogP contribution in [0.15, 0.2) is 12.1 Å². The number of aromatic hydroxyl groups is 1. The highest BCUT2D eigenvalue weighted by Gasteiger charge is 2.13. The Kier molecular flexibility index (Phi) is 3.87. The van der Waals surface area contributed by atoms with E-state index in [1.54, 1.807) is 19.1 Å². The van der Waals surface area contributed by atoms with Crippen molar-refractivity contribution < 1.29 is 13.5 Å². The summed E-state index contributed by atoms with van der Waals surface area (Å²) in [6, 6.07) is 3.28. The zero-order chi connectivity index (χ0) is 11.6. The normalized spacial score (nSPS) is 11.7. The first-order chi connectivity index (χ1) is 6.81. The van der Waals surface area contributed by atoms with Crippen LogP contribution < -0.4 is 0 Å². The van der Waals surface area contributed by atoms with E-state index in [2.05, 4.69) is 0 Å². The lowest BCUT2D eigenvalue weighted by molar-refractivity contribution is 0.464. The maximum Gasteiger partial charge on any atom is 0.232 e. The maximum absolute atomic E-state index is 10.8. The summed E-state index contributed by atoms with van der Waals surface area (Å²) in [7, 11) is 1.51. The molecule has 0 atom stereocenters. The second kappa shape index (κ2) is 4.60. The van der Waals surface area contributed by atoms with Crippen LogP contribution in [0.25, 0.3) is 0 Å². The molecule has 84 valence electrons. The van der Waals surface area contributed by atoms with Gasteiger partial charge in [0.05, 0.1) is 5.75 Å². The molecule has 1 rings (SSSR count). The molecule has 0 saturated heterocycles. The van der Waals surface area contributed by atoms with E-state index >= 15 is 0 Å². The molecule has 0 bridgehead atoms. The lowest BCUT2D eigenvalue weighted by Gasteiger charge is -2.08. The summed E-state index contributed by atoms with van der Waals surface area (Å²) < 4.78 is 21.5. The van der Waals surface area contributed by atoms with Crippen LogP contribution >= 0.6 is 22.3 Å². The molecule has 0 aromatic heterocycles. The highest BCUT2D eigenvalue weighted by atomic mass is 35.7. The Bertz CT molecular complexity index is 468. The van der Waals surface area contributed by atoms with Gasteiger partial charge in [0, 0.05) is 21.3 Å². The van der Waals surface area contributed by atoms with Crippen LogP contribution in [-0.2, 0) is 15.5 Å². The number of hydrogen-bond acceptors (Lipinski definition) is 3. The van der Waals surface area contributed by atoms with Crippen LogP contribution in [0.5, 0.6) is 5.75 Å². The molecule has 0 spiro atoms. The smallest absolute Gasteiger partial charge is 0.232 e. The van der Waals surface area contributed by atoms with Gasteiger partial charge in [0.25, 0.3) is 0 Å². The number of hydrogen-bond donors (Lipinski definition) is 1. The number of rotatable bonds is 3. The fraction of sp³-hybridized carbons (Fsp3) is 0.333. The van der Waals surface area contributed by atoms with E-state index in [0.717, 1.165) is 0 Å². The van der Waals surface area contributed by atoms with E-state index in [0.29, 0.717) is 16.1 Å². The first-order valence-electron chi connectivity index (χ1n) is 4.20. The Morgan fingerprint density at radius 3 is 2.53 bits per heavy atom. The van der Waals surface area contributed by atoms with Gasteiger partial charge in [-0.3, -0.25) is 0 Å². The predicted molar refractivity (Wildman–Crippen MR) is 61.2 cm³/mol. The third kappa shape index (κ3) is 3.55. The molecule has 0 radical (unpaired) electrons. The van der Waals surface area contributed by atoms with Crippen molar-refractivity contribution >= 4 is 31.3 Å².